The Kier molecular flexibility index (Phi) is 8.90. The number of carbonyl (C=O) groups excluding carboxylic acids is 3. The van der Waals surface area contributed by atoms with Crippen molar-refractivity contribution in [2.24, 2.45) is 11.8 Å². The van der Waals surface area contributed by atoms with E-state index in [1.165, 1.54) is 0 Å². The second kappa shape index (κ2) is 11.6. The number of carbonyl (C=O) groups is 3. The van der Waals surface area contributed by atoms with E-state index < -0.39 is 0 Å². The third-order valence-corrected chi connectivity index (χ3v) is 6.75. The molecule has 0 aromatic heterocycles. The lowest BCUT2D eigenvalue weighted by Crippen LogP contribution is -2.48. The predicted molar refractivity (Wildman–Crippen MR) is 122 cm³/mol. The third kappa shape index (κ3) is 6.53. The first-order chi connectivity index (χ1) is 15.0. The summed E-state index contributed by atoms with van der Waals surface area (Å²) in [6.07, 6.45) is 3.62. The van der Waals surface area contributed by atoms with Crippen LogP contribution in [0.4, 0.5) is 0 Å². The number of amides is 3. The minimum atomic E-state index is -0.0339. The standard InChI is InChI=1S/C23H32BrN3O4/c1-31-16-2-11-25-21(28)17-7-12-26(13-8-17)23(30)19-9-14-27(15-10-19)22(29)18-3-5-20(24)6-4-18/h3-6,17,19H,2,7-16H2,1H3,(H,25,28). The SMILES string of the molecule is COCCCNC(=O)C1CCN(C(=O)C2CCN(C(=O)c3ccc(Br)cc3)CC2)CC1. The Bertz CT molecular complexity index is 755. The van der Waals surface area contributed by atoms with Gasteiger partial charge >= 0.3 is 0 Å². The van der Waals surface area contributed by atoms with Gasteiger partial charge in [-0.2, -0.15) is 0 Å². The van der Waals surface area contributed by atoms with Crippen molar-refractivity contribution in [3.63, 3.8) is 0 Å². The maximum Gasteiger partial charge on any atom is 0.253 e. The lowest BCUT2D eigenvalue weighted by Gasteiger charge is -2.37. The average molecular weight is 494 g/mol. The molecule has 0 radical (unpaired) electrons. The Morgan fingerprint density at radius 3 is 2.16 bits per heavy atom. The zero-order valence-corrected chi connectivity index (χ0v) is 19.7. The van der Waals surface area contributed by atoms with Crippen LogP contribution in [0.2, 0.25) is 0 Å². The highest BCUT2D eigenvalue weighted by molar-refractivity contribution is 9.10. The molecule has 1 aromatic carbocycles. The quantitative estimate of drug-likeness (QED) is 0.592. The molecule has 0 atom stereocenters. The van der Waals surface area contributed by atoms with E-state index in [-0.39, 0.29) is 29.6 Å². The number of methoxy groups -OCH3 is 1. The molecule has 0 bridgehead atoms. The average Bonchev–Trinajstić information content (AvgIpc) is 2.81. The van der Waals surface area contributed by atoms with Crippen molar-refractivity contribution in [2.45, 2.75) is 32.1 Å². The van der Waals surface area contributed by atoms with Crippen LogP contribution >= 0.6 is 15.9 Å². The van der Waals surface area contributed by atoms with Crippen molar-refractivity contribution >= 4 is 33.7 Å². The van der Waals surface area contributed by atoms with Crippen molar-refractivity contribution in [1.82, 2.24) is 15.1 Å². The van der Waals surface area contributed by atoms with Crippen LogP contribution < -0.4 is 5.32 Å². The number of benzene rings is 1. The first kappa shape index (κ1) is 23.7. The normalized spacial score (nSPS) is 18.1. The van der Waals surface area contributed by atoms with Crippen LogP contribution in [0.25, 0.3) is 0 Å². The third-order valence-electron chi connectivity index (χ3n) is 6.22. The van der Waals surface area contributed by atoms with E-state index in [2.05, 4.69) is 21.2 Å². The van der Waals surface area contributed by atoms with Crippen LogP contribution in [0.1, 0.15) is 42.5 Å². The molecular weight excluding hydrogens is 462 g/mol. The predicted octanol–water partition coefficient (Wildman–Crippen LogP) is 2.69. The molecule has 170 valence electrons. The Balaban J connectivity index is 1.40. The van der Waals surface area contributed by atoms with Crippen LogP contribution in [-0.4, -0.2) is 74.0 Å². The number of ether oxygens (including phenoxy) is 1. The van der Waals surface area contributed by atoms with Gasteiger partial charge in [0.25, 0.3) is 5.91 Å². The molecule has 1 N–H and O–H groups in total. The molecule has 2 aliphatic rings. The molecule has 1 aromatic rings. The Hall–Kier alpha value is -1.93. The fourth-order valence-corrected chi connectivity index (χ4v) is 4.56. The molecule has 0 saturated carbocycles. The van der Waals surface area contributed by atoms with E-state index in [9.17, 15) is 14.4 Å². The maximum absolute atomic E-state index is 13.0. The molecule has 0 spiro atoms. The second-order valence-corrected chi connectivity index (χ2v) is 9.23. The van der Waals surface area contributed by atoms with Crippen molar-refractivity contribution in [3.8, 4) is 0 Å². The largest absolute Gasteiger partial charge is 0.385 e. The minimum Gasteiger partial charge on any atom is -0.385 e. The summed E-state index contributed by atoms with van der Waals surface area (Å²) in [5, 5.41) is 2.96. The van der Waals surface area contributed by atoms with Crippen LogP contribution in [0.3, 0.4) is 0 Å². The lowest BCUT2D eigenvalue weighted by atomic mass is 9.91. The molecule has 0 unspecified atom stereocenters. The van der Waals surface area contributed by atoms with Crippen molar-refractivity contribution in [1.29, 1.82) is 0 Å². The van der Waals surface area contributed by atoms with Gasteiger partial charge in [0, 0.05) is 68.3 Å². The summed E-state index contributed by atoms with van der Waals surface area (Å²) >= 11 is 3.39. The van der Waals surface area contributed by atoms with Crippen molar-refractivity contribution < 1.29 is 19.1 Å². The van der Waals surface area contributed by atoms with E-state index in [1.807, 2.05) is 34.1 Å². The number of halogens is 1. The minimum absolute atomic E-state index is 0.0167. The van der Waals surface area contributed by atoms with Gasteiger partial charge in [-0.3, -0.25) is 14.4 Å². The highest BCUT2D eigenvalue weighted by Crippen LogP contribution is 2.25. The van der Waals surface area contributed by atoms with Crippen LogP contribution in [0.15, 0.2) is 28.7 Å². The summed E-state index contributed by atoms with van der Waals surface area (Å²) in [5.41, 5.74) is 0.676. The van der Waals surface area contributed by atoms with E-state index in [0.29, 0.717) is 70.6 Å². The van der Waals surface area contributed by atoms with Gasteiger partial charge in [0.05, 0.1) is 0 Å². The molecule has 31 heavy (non-hydrogen) atoms. The van der Waals surface area contributed by atoms with Gasteiger partial charge in [-0.1, -0.05) is 15.9 Å². The molecule has 8 heteroatoms. The summed E-state index contributed by atoms with van der Waals surface area (Å²) < 4.78 is 5.94. The van der Waals surface area contributed by atoms with E-state index in [4.69, 9.17) is 4.74 Å². The van der Waals surface area contributed by atoms with Crippen LogP contribution in [0.5, 0.6) is 0 Å². The number of rotatable bonds is 7. The van der Waals surface area contributed by atoms with Crippen LogP contribution in [-0.2, 0) is 14.3 Å². The smallest absolute Gasteiger partial charge is 0.253 e. The number of likely N-dealkylation sites (tertiary alicyclic amines) is 2. The van der Waals surface area contributed by atoms with Crippen molar-refractivity contribution in [2.75, 3.05) is 46.4 Å². The molecule has 0 aliphatic carbocycles. The fourth-order valence-electron chi connectivity index (χ4n) is 4.30. The Labute approximate surface area is 192 Å². The first-order valence-electron chi connectivity index (χ1n) is 11.1. The maximum atomic E-state index is 13.0. The molecule has 3 rings (SSSR count). The highest BCUT2D eigenvalue weighted by Gasteiger charge is 2.33. The van der Waals surface area contributed by atoms with E-state index in [0.717, 1.165) is 10.9 Å². The number of hydrogen-bond donors (Lipinski definition) is 1. The molecule has 2 aliphatic heterocycles. The topological polar surface area (TPSA) is 79.0 Å². The summed E-state index contributed by atoms with van der Waals surface area (Å²) in [4.78, 5) is 41.7. The van der Waals surface area contributed by atoms with Gasteiger partial charge in [0.2, 0.25) is 11.8 Å². The van der Waals surface area contributed by atoms with Crippen LogP contribution in [0, 0.1) is 11.8 Å². The Morgan fingerprint density at radius 1 is 0.968 bits per heavy atom. The number of nitrogens with zero attached hydrogens (tertiary/aromatic N) is 2. The summed E-state index contributed by atoms with van der Waals surface area (Å²) in [6.45, 7) is 3.74. The van der Waals surface area contributed by atoms with E-state index in [1.54, 1.807) is 7.11 Å². The van der Waals surface area contributed by atoms with E-state index >= 15 is 0 Å². The number of nitrogens with one attached hydrogen (secondary N) is 1. The summed E-state index contributed by atoms with van der Waals surface area (Å²) in [6, 6.07) is 7.38. The zero-order valence-electron chi connectivity index (χ0n) is 18.1. The number of piperidine rings is 2. The first-order valence-corrected chi connectivity index (χ1v) is 11.9. The van der Waals surface area contributed by atoms with Gasteiger partial charge < -0.3 is 19.9 Å². The second-order valence-electron chi connectivity index (χ2n) is 8.31. The number of hydrogen-bond acceptors (Lipinski definition) is 4. The van der Waals surface area contributed by atoms with Crippen molar-refractivity contribution in [3.05, 3.63) is 34.3 Å². The molecule has 3 amide bonds. The van der Waals surface area contributed by atoms with Gasteiger partial charge in [0.15, 0.2) is 0 Å². The zero-order chi connectivity index (χ0) is 22.2. The summed E-state index contributed by atoms with van der Waals surface area (Å²) in [5.74, 6) is 0.235. The highest BCUT2D eigenvalue weighted by atomic mass is 79.9. The summed E-state index contributed by atoms with van der Waals surface area (Å²) in [7, 11) is 1.65. The van der Waals surface area contributed by atoms with Gasteiger partial charge in [-0.25, -0.2) is 0 Å². The molecular formula is C23H32BrN3O4. The molecule has 7 nitrogen and oxygen atoms in total. The van der Waals surface area contributed by atoms with Gasteiger partial charge in [-0.05, 0) is 56.4 Å². The fraction of sp³-hybridized carbons (Fsp3) is 0.609. The van der Waals surface area contributed by atoms with Gasteiger partial charge in [-0.15, -0.1) is 0 Å². The molecule has 2 saturated heterocycles. The Morgan fingerprint density at radius 2 is 1.55 bits per heavy atom. The van der Waals surface area contributed by atoms with Gasteiger partial charge in [0.1, 0.15) is 0 Å². The molecule has 2 heterocycles. The lowest BCUT2D eigenvalue weighted by molar-refractivity contribution is -0.140. The molecule has 2 fully saturated rings. The monoisotopic (exact) mass is 493 g/mol.